The van der Waals surface area contributed by atoms with Gasteiger partial charge in [0.05, 0.1) is 5.52 Å². The number of hydrogen-bond donors (Lipinski definition) is 1. The number of nitrogens with one attached hydrogen (secondary N) is 1. The minimum absolute atomic E-state index is 0.0286. The summed E-state index contributed by atoms with van der Waals surface area (Å²) in [5.74, 6) is 0.473. The summed E-state index contributed by atoms with van der Waals surface area (Å²) in [5, 5.41) is 8.30. The molecule has 2 aromatic heterocycles. The SMILES string of the molecule is O=C(Nc1ccccn1)C1CCN(C(=O)Cn2cc3ccccc3n2)CC1. The minimum atomic E-state index is -0.0941. The summed E-state index contributed by atoms with van der Waals surface area (Å²) in [6, 6.07) is 13.2. The second-order valence-corrected chi connectivity index (χ2v) is 6.74. The Morgan fingerprint density at radius 3 is 2.59 bits per heavy atom. The summed E-state index contributed by atoms with van der Waals surface area (Å²) in [4.78, 5) is 30.9. The number of fused-ring (bicyclic) bond motifs is 1. The van der Waals surface area contributed by atoms with Crippen LogP contribution in [0.3, 0.4) is 0 Å². The van der Waals surface area contributed by atoms with E-state index >= 15 is 0 Å². The molecule has 7 nitrogen and oxygen atoms in total. The van der Waals surface area contributed by atoms with E-state index in [9.17, 15) is 9.59 Å². The second kappa shape index (κ2) is 7.57. The molecule has 0 aliphatic carbocycles. The molecule has 1 fully saturated rings. The number of carbonyl (C=O) groups is 2. The zero-order valence-electron chi connectivity index (χ0n) is 14.9. The van der Waals surface area contributed by atoms with Crippen molar-refractivity contribution in [3.63, 3.8) is 0 Å². The number of benzene rings is 1. The number of rotatable bonds is 4. The summed E-state index contributed by atoms with van der Waals surface area (Å²) >= 11 is 0. The van der Waals surface area contributed by atoms with Gasteiger partial charge in [0, 0.05) is 36.8 Å². The van der Waals surface area contributed by atoms with Crippen molar-refractivity contribution in [1.29, 1.82) is 0 Å². The molecule has 0 radical (unpaired) electrons. The molecular weight excluding hydrogens is 342 g/mol. The zero-order valence-corrected chi connectivity index (χ0v) is 14.9. The number of piperidine rings is 1. The van der Waals surface area contributed by atoms with Crippen LogP contribution in [0.15, 0.2) is 54.9 Å². The number of carbonyl (C=O) groups excluding carboxylic acids is 2. The molecule has 0 bridgehead atoms. The maximum absolute atomic E-state index is 12.6. The molecule has 1 aliphatic rings. The molecule has 27 heavy (non-hydrogen) atoms. The molecule has 0 spiro atoms. The van der Waals surface area contributed by atoms with Crippen LogP contribution in [0.4, 0.5) is 5.82 Å². The monoisotopic (exact) mass is 363 g/mol. The van der Waals surface area contributed by atoms with Gasteiger partial charge in [0.2, 0.25) is 11.8 Å². The molecule has 1 saturated heterocycles. The van der Waals surface area contributed by atoms with Crippen LogP contribution in [0.25, 0.3) is 10.9 Å². The molecule has 1 aliphatic heterocycles. The topological polar surface area (TPSA) is 80.1 Å². The number of likely N-dealkylation sites (tertiary alicyclic amines) is 1. The Hall–Kier alpha value is -3.22. The van der Waals surface area contributed by atoms with Gasteiger partial charge in [0.1, 0.15) is 12.4 Å². The van der Waals surface area contributed by atoms with E-state index in [1.807, 2.05) is 47.5 Å². The normalized spacial score (nSPS) is 15.0. The number of amides is 2. The first kappa shape index (κ1) is 17.2. The van der Waals surface area contributed by atoms with Gasteiger partial charge in [-0.2, -0.15) is 5.10 Å². The lowest BCUT2D eigenvalue weighted by Crippen LogP contribution is -2.42. The van der Waals surface area contributed by atoms with E-state index in [0.717, 1.165) is 10.9 Å². The Balaban J connectivity index is 1.30. The van der Waals surface area contributed by atoms with Crippen molar-refractivity contribution in [1.82, 2.24) is 19.7 Å². The highest BCUT2D eigenvalue weighted by Crippen LogP contribution is 2.19. The van der Waals surface area contributed by atoms with Gasteiger partial charge in [-0.1, -0.05) is 24.3 Å². The fourth-order valence-corrected chi connectivity index (χ4v) is 3.39. The van der Waals surface area contributed by atoms with Gasteiger partial charge in [-0.05, 0) is 31.0 Å². The average molecular weight is 363 g/mol. The first-order valence-corrected chi connectivity index (χ1v) is 9.11. The minimum Gasteiger partial charge on any atom is -0.341 e. The van der Waals surface area contributed by atoms with Gasteiger partial charge in [-0.25, -0.2) is 4.98 Å². The molecule has 3 aromatic rings. The van der Waals surface area contributed by atoms with Crippen molar-refractivity contribution in [2.24, 2.45) is 5.92 Å². The molecule has 1 aromatic carbocycles. The van der Waals surface area contributed by atoms with Crippen LogP contribution in [-0.4, -0.2) is 44.6 Å². The van der Waals surface area contributed by atoms with Gasteiger partial charge >= 0.3 is 0 Å². The average Bonchev–Trinajstić information content (AvgIpc) is 3.11. The lowest BCUT2D eigenvalue weighted by Gasteiger charge is -2.31. The van der Waals surface area contributed by atoms with E-state index < -0.39 is 0 Å². The maximum atomic E-state index is 12.6. The molecule has 3 heterocycles. The van der Waals surface area contributed by atoms with Crippen molar-refractivity contribution < 1.29 is 9.59 Å². The molecule has 4 rings (SSSR count). The third kappa shape index (κ3) is 3.97. The summed E-state index contributed by atoms with van der Waals surface area (Å²) < 4.78 is 1.69. The van der Waals surface area contributed by atoms with E-state index in [4.69, 9.17) is 0 Å². The third-order valence-electron chi connectivity index (χ3n) is 4.89. The first-order valence-electron chi connectivity index (χ1n) is 9.11. The molecule has 2 amide bonds. The van der Waals surface area contributed by atoms with Gasteiger partial charge in [0.15, 0.2) is 0 Å². The van der Waals surface area contributed by atoms with Crippen LogP contribution in [0.5, 0.6) is 0 Å². The standard InChI is InChI=1S/C20H21N5O2/c26-19(14-25-13-16-5-1-2-6-17(16)23-25)24-11-8-15(9-12-24)20(27)22-18-7-3-4-10-21-18/h1-7,10,13,15H,8-9,11-12,14H2,(H,21,22,27). The van der Waals surface area contributed by atoms with E-state index in [1.54, 1.807) is 16.9 Å². The number of pyridine rings is 1. The highest BCUT2D eigenvalue weighted by Gasteiger charge is 2.27. The van der Waals surface area contributed by atoms with Crippen LogP contribution < -0.4 is 5.32 Å². The smallest absolute Gasteiger partial charge is 0.244 e. The lowest BCUT2D eigenvalue weighted by atomic mass is 9.96. The Labute approximate surface area is 157 Å². The highest BCUT2D eigenvalue weighted by molar-refractivity contribution is 5.91. The largest absolute Gasteiger partial charge is 0.341 e. The van der Waals surface area contributed by atoms with Crippen LogP contribution in [0, 0.1) is 5.92 Å². The highest BCUT2D eigenvalue weighted by atomic mass is 16.2. The van der Waals surface area contributed by atoms with E-state index in [2.05, 4.69) is 15.4 Å². The molecule has 0 saturated carbocycles. The number of hydrogen-bond acceptors (Lipinski definition) is 4. The summed E-state index contributed by atoms with van der Waals surface area (Å²) in [7, 11) is 0. The van der Waals surface area contributed by atoms with Crippen molar-refractivity contribution >= 4 is 28.5 Å². The van der Waals surface area contributed by atoms with Crippen LogP contribution in [0.1, 0.15) is 12.8 Å². The third-order valence-corrected chi connectivity index (χ3v) is 4.89. The maximum Gasteiger partial charge on any atom is 0.244 e. The Morgan fingerprint density at radius 1 is 1.07 bits per heavy atom. The van der Waals surface area contributed by atoms with Gasteiger partial charge in [-0.3, -0.25) is 14.3 Å². The molecule has 7 heteroatoms. The molecule has 138 valence electrons. The van der Waals surface area contributed by atoms with Crippen LogP contribution >= 0.6 is 0 Å². The number of nitrogens with zero attached hydrogens (tertiary/aromatic N) is 4. The van der Waals surface area contributed by atoms with Crippen molar-refractivity contribution in [3.05, 3.63) is 54.9 Å². The fraction of sp³-hybridized carbons (Fsp3) is 0.300. The summed E-state index contributed by atoms with van der Waals surface area (Å²) in [6.07, 6.45) is 4.85. The molecule has 0 atom stereocenters. The Morgan fingerprint density at radius 2 is 1.85 bits per heavy atom. The Bertz CT molecular complexity index is 912. The Kier molecular flexibility index (Phi) is 4.82. The molecule has 0 unspecified atom stereocenters. The van der Waals surface area contributed by atoms with E-state index in [0.29, 0.717) is 31.7 Å². The lowest BCUT2D eigenvalue weighted by molar-refractivity contribution is -0.135. The van der Waals surface area contributed by atoms with Crippen molar-refractivity contribution in [2.75, 3.05) is 18.4 Å². The fourth-order valence-electron chi connectivity index (χ4n) is 3.39. The quantitative estimate of drug-likeness (QED) is 0.771. The van der Waals surface area contributed by atoms with Gasteiger partial charge < -0.3 is 10.2 Å². The van der Waals surface area contributed by atoms with Crippen molar-refractivity contribution in [3.8, 4) is 0 Å². The predicted octanol–water partition coefficient (Wildman–Crippen LogP) is 2.31. The molecular formula is C20H21N5O2. The predicted molar refractivity (Wildman–Crippen MR) is 102 cm³/mol. The van der Waals surface area contributed by atoms with Crippen LogP contribution in [0.2, 0.25) is 0 Å². The first-order chi connectivity index (χ1) is 13.2. The summed E-state index contributed by atoms with van der Waals surface area (Å²) in [6.45, 7) is 1.39. The molecule has 1 N–H and O–H groups in total. The van der Waals surface area contributed by atoms with Gasteiger partial charge in [0.25, 0.3) is 0 Å². The second-order valence-electron chi connectivity index (χ2n) is 6.74. The zero-order chi connectivity index (χ0) is 18.6. The van der Waals surface area contributed by atoms with Crippen LogP contribution in [-0.2, 0) is 16.1 Å². The van der Waals surface area contributed by atoms with E-state index in [1.165, 1.54) is 0 Å². The van der Waals surface area contributed by atoms with Crippen molar-refractivity contribution in [2.45, 2.75) is 19.4 Å². The number of aromatic nitrogens is 3. The summed E-state index contributed by atoms with van der Waals surface area (Å²) in [5.41, 5.74) is 0.884. The van der Waals surface area contributed by atoms with E-state index in [-0.39, 0.29) is 24.3 Å². The van der Waals surface area contributed by atoms with Gasteiger partial charge in [-0.15, -0.1) is 0 Å². The number of anilines is 1.